The van der Waals surface area contributed by atoms with Crippen LogP contribution in [-0.4, -0.2) is 19.0 Å². The number of hydrogen-bond donors (Lipinski definition) is 0. The standard InChI is InChI=1S/C42H62O3/c1-29(2)15-14-16-30(3)34-21-22-35-33-27-37(44-28-43-31-17-10-8-11-18-31)39-40(4,5)38(45-32-19-12-9-13-20-32)24-26-42(39,7)36(33)23-25-41(34,35)6/h8-13,17-20,29-30,33-39H,14-16,21-28H2,1-7H3. The number of benzene rings is 2. The van der Waals surface area contributed by atoms with Gasteiger partial charge in [0.2, 0.25) is 0 Å². The molecule has 0 N–H and O–H groups in total. The summed E-state index contributed by atoms with van der Waals surface area (Å²) in [6, 6.07) is 20.7. The van der Waals surface area contributed by atoms with E-state index in [1.54, 1.807) is 0 Å². The topological polar surface area (TPSA) is 27.7 Å². The van der Waals surface area contributed by atoms with E-state index in [-0.39, 0.29) is 23.0 Å². The van der Waals surface area contributed by atoms with Gasteiger partial charge in [0, 0.05) is 5.41 Å². The summed E-state index contributed by atoms with van der Waals surface area (Å²) >= 11 is 0. The molecule has 10 unspecified atom stereocenters. The Labute approximate surface area is 275 Å². The molecule has 10 atom stereocenters. The van der Waals surface area contributed by atoms with E-state index in [0.29, 0.717) is 18.1 Å². The van der Waals surface area contributed by atoms with Crippen LogP contribution in [0, 0.1) is 57.7 Å². The van der Waals surface area contributed by atoms with Crippen molar-refractivity contribution in [1.82, 2.24) is 0 Å². The largest absolute Gasteiger partial charge is 0.490 e. The molecule has 0 spiro atoms. The zero-order valence-electron chi connectivity index (χ0n) is 29.5. The van der Waals surface area contributed by atoms with Crippen molar-refractivity contribution in [3.05, 3.63) is 60.7 Å². The maximum atomic E-state index is 6.96. The molecule has 3 nitrogen and oxygen atoms in total. The average Bonchev–Trinajstić information content (AvgIpc) is 3.37. The highest BCUT2D eigenvalue weighted by Gasteiger charge is 2.66. The lowest BCUT2D eigenvalue weighted by Gasteiger charge is -2.66. The van der Waals surface area contributed by atoms with Gasteiger partial charge in [0.1, 0.15) is 17.6 Å². The molecule has 4 saturated carbocycles. The molecule has 0 radical (unpaired) electrons. The summed E-state index contributed by atoms with van der Waals surface area (Å²) in [5, 5.41) is 0. The molecule has 4 aliphatic rings. The Morgan fingerprint density at radius 2 is 1.38 bits per heavy atom. The molecule has 0 saturated heterocycles. The monoisotopic (exact) mass is 614 g/mol. The molecule has 0 aromatic heterocycles. The Kier molecular flexibility index (Phi) is 9.69. The maximum absolute atomic E-state index is 6.96. The van der Waals surface area contributed by atoms with Crippen molar-refractivity contribution >= 4 is 0 Å². The van der Waals surface area contributed by atoms with Crippen molar-refractivity contribution in [2.75, 3.05) is 6.79 Å². The predicted octanol–water partition coefficient (Wildman–Crippen LogP) is 11.2. The molecule has 3 heteroatoms. The number of fused-ring (bicyclic) bond motifs is 5. The summed E-state index contributed by atoms with van der Waals surface area (Å²) in [5.41, 5.74) is 0.688. The first-order chi connectivity index (χ1) is 21.5. The molecular weight excluding hydrogens is 552 g/mol. The van der Waals surface area contributed by atoms with Gasteiger partial charge in [-0.1, -0.05) is 104 Å². The van der Waals surface area contributed by atoms with Crippen molar-refractivity contribution in [3.63, 3.8) is 0 Å². The third kappa shape index (κ3) is 6.33. The van der Waals surface area contributed by atoms with E-state index < -0.39 is 0 Å². The van der Waals surface area contributed by atoms with Crippen LogP contribution in [0.4, 0.5) is 0 Å². The van der Waals surface area contributed by atoms with Crippen LogP contribution in [0.15, 0.2) is 60.7 Å². The first-order valence-electron chi connectivity index (χ1n) is 18.5. The molecule has 0 aliphatic heterocycles. The molecule has 45 heavy (non-hydrogen) atoms. The van der Waals surface area contributed by atoms with Crippen LogP contribution in [0.25, 0.3) is 0 Å². The second-order valence-corrected chi connectivity index (χ2v) is 17.2. The van der Waals surface area contributed by atoms with Gasteiger partial charge in [-0.05, 0) is 121 Å². The lowest BCUT2D eigenvalue weighted by molar-refractivity contribution is -0.236. The number of rotatable bonds is 11. The van der Waals surface area contributed by atoms with Crippen molar-refractivity contribution in [3.8, 4) is 11.5 Å². The maximum Gasteiger partial charge on any atom is 0.189 e. The SMILES string of the molecule is CC(C)CCCC(C)C1CCC2C3CC(OCOc4ccccc4)C4C(C)(C)C(Oc5ccccc5)CCC4(C)C3CCC12C. The summed E-state index contributed by atoms with van der Waals surface area (Å²) in [6.07, 6.45) is 13.6. The second kappa shape index (κ2) is 13.2. The van der Waals surface area contributed by atoms with Crippen molar-refractivity contribution in [2.24, 2.45) is 57.7 Å². The summed E-state index contributed by atoms with van der Waals surface area (Å²) in [6.45, 7) is 18.0. The van der Waals surface area contributed by atoms with Gasteiger partial charge in [-0.25, -0.2) is 0 Å². The summed E-state index contributed by atoms with van der Waals surface area (Å²) in [4.78, 5) is 0. The highest BCUT2D eigenvalue weighted by Crippen LogP contribution is 2.70. The van der Waals surface area contributed by atoms with Crippen molar-refractivity contribution in [1.29, 1.82) is 0 Å². The van der Waals surface area contributed by atoms with Crippen LogP contribution in [-0.2, 0) is 4.74 Å². The van der Waals surface area contributed by atoms with Crippen LogP contribution in [0.3, 0.4) is 0 Å². The molecule has 0 amide bonds. The van der Waals surface area contributed by atoms with Crippen LogP contribution in [0.1, 0.15) is 113 Å². The number of ether oxygens (including phenoxy) is 3. The first kappa shape index (κ1) is 32.9. The van der Waals surface area contributed by atoms with Crippen molar-refractivity contribution in [2.45, 2.75) is 125 Å². The fraction of sp³-hybridized carbons (Fsp3) is 0.714. The quantitative estimate of drug-likeness (QED) is 0.236. The third-order valence-electron chi connectivity index (χ3n) is 13.9. The van der Waals surface area contributed by atoms with Gasteiger partial charge in [-0.2, -0.15) is 0 Å². The first-order valence-corrected chi connectivity index (χ1v) is 18.5. The molecule has 0 bridgehead atoms. The van der Waals surface area contributed by atoms with E-state index in [1.807, 2.05) is 30.3 Å². The Morgan fingerprint density at radius 1 is 0.733 bits per heavy atom. The van der Waals surface area contributed by atoms with Gasteiger partial charge in [0.05, 0.1) is 6.10 Å². The van der Waals surface area contributed by atoms with Gasteiger partial charge in [0.15, 0.2) is 6.79 Å². The molecule has 4 aliphatic carbocycles. The fourth-order valence-electron chi connectivity index (χ4n) is 11.9. The molecular formula is C42H62O3. The smallest absolute Gasteiger partial charge is 0.189 e. The Bertz CT molecular complexity index is 1230. The highest BCUT2D eigenvalue weighted by molar-refractivity contribution is 5.23. The van der Waals surface area contributed by atoms with Gasteiger partial charge in [-0.15, -0.1) is 0 Å². The fourth-order valence-corrected chi connectivity index (χ4v) is 11.9. The summed E-state index contributed by atoms with van der Waals surface area (Å²) in [7, 11) is 0. The van der Waals surface area contributed by atoms with E-state index >= 15 is 0 Å². The lowest BCUT2D eigenvalue weighted by atomic mass is 9.40. The third-order valence-corrected chi connectivity index (χ3v) is 13.9. The molecule has 248 valence electrons. The zero-order valence-corrected chi connectivity index (χ0v) is 29.5. The van der Waals surface area contributed by atoms with Gasteiger partial charge in [0.25, 0.3) is 0 Å². The van der Waals surface area contributed by atoms with Gasteiger partial charge < -0.3 is 14.2 Å². The van der Waals surface area contributed by atoms with Crippen LogP contribution < -0.4 is 9.47 Å². The van der Waals surface area contributed by atoms with E-state index in [4.69, 9.17) is 14.2 Å². The Hall–Kier alpha value is -2.00. The molecule has 4 fully saturated rings. The normalized spacial score (nSPS) is 37.7. The van der Waals surface area contributed by atoms with Crippen LogP contribution >= 0.6 is 0 Å². The van der Waals surface area contributed by atoms with Crippen LogP contribution in [0.5, 0.6) is 11.5 Å². The lowest BCUT2D eigenvalue weighted by Crippen LogP contribution is -2.64. The highest BCUT2D eigenvalue weighted by atomic mass is 16.7. The Balaban J connectivity index is 1.26. The van der Waals surface area contributed by atoms with Crippen molar-refractivity contribution < 1.29 is 14.2 Å². The minimum Gasteiger partial charge on any atom is -0.490 e. The molecule has 0 heterocycles. The minimum absolute atomic E-state index is 0.0187. The number of hydrogen-bond acceptors (Lipinski definition) is 3. The minimum atomic E-state index is -0.0187. The predicted molar refractivity (Wildman–Crippen MR) is 185 cm³/mol. The van der Waals surface area contributed by atoms with E-state index in [0.717, 1.165) is 53.4 Å². The molecule has 2 aromatic carbocycles. The van der Waals surface area contributed by atoms with E-state index in [2.05, 4.69) is 78.8 Å². The second-order valence-electron chi connectivity index (χ2n) is 17.2. The van der Waals surface area contributed by atoms with Gasteiger partial charge in [-0.3, -0.25) is 0 Å². The Morgan fingerprint density at radius 3 is 2.07 bits per heavy atom. The molecule has 2 aromatic rings. The van der Waals surface area contributed by atoms with Crippen LogP contribution in [0.2, 0.25) is 0 Å². The van der Waals surface area contributed by atoms with E-state index in [1.165, 1.54) is 57.8 Å². The van der Waals surface area contributed by atoms with Gasteiger partial charge >= 0.3 is 0 Å². The number of para-hydroxylation sites is 2. The summed E-state index contributed by atoms with van der Waals surface area (Å²) in [5.74, 6) is 7.13. The average molecular weight is 615 g/mol. The zero-order chi connectivity index (χ0) is 31.8. The van der Waals surface area contributed by atoms with E-state index in [9.17, 15) is 0 Å². The summed E-state index contributed by atoms with van der Waals surface area (Å²) < 4.78 is 20.0. The molecule has 6 rings (SSSR count).